The monoisotopic (exact) mass is 415 g/mol. The second kappa shape index (κ2) is 8.56. The molecule has 0 radical (unpaired) electrons. The van der Waals surface area contributed by atoms with Gasteiger partial charge in [0.2, 0.25) is 0 Å². The lowest BCUT2D eigenvalue weighted by Crippen LogP contribution is -2.13. The van der Waals surface area contributed by atoms with Crippen LogP contribution >= 0.6 is 11.6 Å². The lowest BCUT2D eigenvalue weighted by molar-refractivity contribution is 0.102. The zero-order valence-electron chi connectivity index (χ0n) is 16.9. The van der Waals surface area contributed by atoms with Crippen molar-refractivity contribution in [2.45, 2.75) is 20.4 Å². The van der Waals surface area contributed by atoms with E-state index in [1.165, 1.54) is 0 Å². The third-order valence-electron chi connectivity index (χ3n) is 5.10. The zero-order valence-corrected chi connectivity index (χ0v) is 17.6. The maximum absolute atomic E-state index is 12.8. The fourth-order valence-corrected chi connectivity index (χ4v) is 3.68. The fourth-order valence-electron chi connectivity index (χ4n) is 3.47. The van der Waals surface area contributed by atoms with Crippen molar-refractivity contribution in [2.24, 2.45) is 0 Å². The van der Waals surface area contributed by atoms with Gasteiger partial charge in [-0.15, -0.1) is 0 Å². The highest BCUT2D eigenvalue weighted by atomic mass is 35.5. The van der Waals surface area contributed by atoms with Crippen LogP contribution in [-0.2, 0) is 6.54 Å². The summed E-state index contributed by atoms with van der Waals surface area (Å²) in [5.74, 6) is -0.150. The predicted molar refractivity (Wildman–Crippen MR) is 122 cm³/mol. The van der Waals surface area contributed by atoms with Crippen molar-refractivity contribution in [1.29, 1.82) is 0 Å². The van der Waals surface area contributed by atoms with Gasteiger partial charge in [0.15, 0.2) is 0 Å². The Morgan fingerprint density at radius 3 is 2.33 bits per heavy atom. The van der Waals surface area contributed by atoms with E-state index in [2.05, 4.69) is 22.5 Å². The number of anilines is 1. The first-order valence-electron chi connectivity index (χ1n) is 9.76. The number of aryl methyl sites for hydroxylation is 1. The molecule has 0 saturated carbocycles. The van der Waals surface area contributed by atoms with Gasteiger partial charge in [0.1, 0.15) is 0 Å². The van der Waals surface area contributed by atoms with Gasteiger partial charge in [0, 0.05) is 10.6 Å². The number of carbonyl (C=O) groups is 1. The number of hydrogen-bond acceptors (Lipinski definition) is 2. The molecule has 0 unspecified atom stereocenters. The smallest absolute Gasteiger partial charge is 0.255 e. The van der Waals surface area contributed by atoms with E-state index in [1.54, 1.807) is 0 Å². The molecule has 1 N–H and O–H groups in total. The summed E-state index contributed by atoms with van der Waals surface area (Å²) in [6, 6.07) is 25.4. The van der Waals surface area contributed by atoms with Gasteiger partial charge in [-0.1, -0.05) is 66.2 Å². The number of rotatable bonds is 5. The van der Waals surface area contributed by atoms with E-state index in [9.17, 15) is 4.79 Å². The van der Waals surface area contributed by atoms with E-state index in [0.29, 0.717) is 17.1 Å². The van der Waals surface area contributed by atoms with E-state index >= 15 is 0 Å². The van der Waals surface area contributed by atoms with Crippen LogP contribution in [0.15, 0.2) is 78.9 Å². The maximum atomic E-state index is 12.8. The fraction of sp³-hybridized carbons (Fsp3) is 0.120. The van der Waals surface area contributed by atoms with Crippen LogP contribution in [-0.4, -0.2) is 15.7 Å². The molecule has 30 heavy (non-hydrogen) atoms. The highest BCUT2D eigenvalue weighted by molar-refractivity contribution is 6.30. The van der Waals surface area contributed by atoms with E-state index in [0.717, 1.165) is 33.8 Å². The molecule has 1 amide bonds. The minimum Gasteiger partial charge on any atom is -0.319 e. The zero-order chi connectivity index (χ0) is 21.1. The molecule has 1 heterocycles. The van der Waals surface area contributed by atoms with Crippen LogP contribution < -0.4 is 5.32 Å². The summed E-state index contributed by atoms with van der Waals surface area (Å²) in [7, 11) is 0. The van der Waals surface area contributed by atoms with Crippen molar-refractivity contribution in [2.75, 3.05) is 5.32 Å². The number of halogens is 1. The summed E-state index contributed by atoms with van der Waals surface area (Å²) in [5.41, 5.74) is 6.30. The van der Waals surface area contributed by atoms with Crippen molar-refractivity contribution >= 4 is 23.2 Å². The third kappa shape index (κ3) is 4.29. The number of benzene rings is 3. The molecule has 4 aromatic rings. The number of carbonyl (C=O) groups excluding carboxylic acids is 1. The normalized spacial score (nSPS) is 10.8. The molecular formula is C25H22ClN3O. The van der Waals surface area contributed by atoms with Crippen molar-refractivity contribution < 1.29 is 4.79 Å². The van der Waals surface area contributed by atoms with Crippen LogP contribution in [0.5, 0.6) is 0 Å². The first-order chi connectivity index (χ1) is 14.5. The van der Waals surface area contributed by atoms with Crippen LogP contribution in [0.4, 0.5) is 5.69 Å². The first kappa shape index (κ1) is 19.9. The third-order valence-corrected chi connectivity index (χ3v) is 5.33. The van der Waals surface area contributed by atoms with Gasteiger partial charge < -0.3 is 5.32 Å². The quantitative estimate of drug-likeness (QED) is 0.426. The number of aromatic nitrogens is 2. The Labute approximate surface area is 181 Å². The molecule has 3 aromatic carbocycles. The predicted octanol–water partition coefficient (Wildman–Crippen LogP) is 6.12. The van der Waals surface area contributed by atoms with Crippen molar-refractivity contribution in [3.05, 3.63) is 106 Å². The Morgan fingerprint density at radius 2 is 1.63 bits per heavy atom. The molecule has 5 heteroatoms. The molecule has 1 aromatic heterocycles. The Morgan fingerprint density at radius 1 is 0.933 bits per heavy atom. The lowest BCUT2D eigenvalue weighted by Gasteiger charge is -2.08. The standard InChI is InChI=1S/C25H22ClN3O/c1-17-24(18(2)29(28-17)16-19-7-6-10-23(26)15-19)27-25(30)22-13-11-21(12-14-22)20-8-4-3-5-9-20/h3-15H,16H2,1-2H3,(H,27,30). The van der Waals surface area contributed by atoms with Crippen LogP contribution in [0.2, 0.25) is 5.02 Å². The maximum Gasteiger partial charge on any atom is 0.255 e. The number of nitrogens with zero attached hydrogens (tertiary/aromatic N) is 2. The Kier molecular flexibility index (Phi) is 5.68. The molecule has 4 rings (SSSR count). The van der Waals surface area contributed by atoms with Gasteiger partial charge in [-0.3, -0.25) is 9.48 Å². The second-order valence-electron chi connectivity index (χ2n) is 7.23. The summed E-state index contributed by atoms with van der Waals surface area (Å²) in [5, 5.41) is 8.31. The molecule has 0 aliphatic heterocycles. The van der Waals surface area contributed by atoms with Crippen LogP contribution in [0.25, 0.3) is 11.1 Å². The first-order valence-corrected chi connectivity index (χ1v) is 10.1. The summed E-state index contributed by atoms with van der Waals surface area (Å²) in [4.78, 5) is 12.8. The second-order valence-corrected chi connectivity index (χ2v) is 7.67. The molecule has 0 spiro atoms. The number of nitrogens with one attached hydrogen (secondary N) is 1. The molecule has 0 saturated heterocycles. The van der Waals surface area contributed by atoms with Gasteiger partial charge in [-0.05, 0) is 54.8 Å². The Balaban J connectivity index is 1.51. The van der Waals surface area contributed by atoms with Crippen molar-refractivity contribution in [1.82, 2.24) is 9.78 Å². The SMILES string of the molecule is Cc1nn(Cc2cccc(Cl)c2)c(C)c1NC(=O)c1ccc(-c2ccccc2)cc1. The van der Waals surface area contributed by atoms with E-state index in [-0.39, 0.29) is 5.91 Å². The largest absolute Gasteiger partial charge is 0.319 e. The van der Waals surface area contributed by atoms with Gasteiger partial charge in [-0.25, -0.2) is 0 Å². The molecule has 4 nitrogen and oxygen atoms in total. The van der Waals surface area contributed by atoms with Crippen LogP contribution in [0, 0.1) is 13.8 Å². The van der Waals surface area contributed by atoms with Crippen LogP contribution in [0.3, 0.4) is 0 Å². The average Bonchev–Trinajstić information content (AvgIpc) is 3.02. The Bertz CT molecular complexity index is 1180. The molecule has 0 atom stereocenters. The van der Waals surface area contributed by atoms with Crippen molar-refractivity contribution in [3.8, 4) is 11.1 Å². The Hall–Kier alpha value is -3.37. The molecule has 0 bridgehead atoms. The van der Waals surface area contributed by atoms with E-state index in [4.69, 9.17) is 11.6 Å². The van der Waals surface area contributed by atoms with E-state index < -0.39 is 0 Å². The van der Waals surface area contributed by atoms with Gasteiger partial charge in [0.25, 0.3) is 5.91 Å². The molecule has 0 aliphatic rings. The molecule has 0 aliphatic carbocycles. The van der Waals surface area contributed by atoms with Gasteiger partial charge in [-0.2, -0.15) is 5.10 Å². The minimum absolute atomic E-state index is 0.150. The summed E-state index contributed by atoms with van der Waals surface area (Å²) in [6.07, 6.45) is 0. The molecule has 0 fully saturated rings. The molecular weight excluding hydrogens is 394 g/mol. The topological polar surface area (TPSA) is 46.9 Å². The van der Waals surface area contributed by atoms with Crippen molar-refractivity contribution in [3.63, 3.8) is 0 Å². The average molecular weight is 416 g/mol. The number of amides is 1. The van der Waals surface area contributed by atoms with Crippen LogP contribution in [0.1, 0.15) is 27.3 Å². The summed E-state index contributed by atoms with van der Waals surface area (Å²) >= 11 is 6.09. The van der Waals surface area contributed by atoms with Gasteiger partial charge >= 0.3 is 0 Å². The highest BCUT2D eigenvalue weighted by Gasteiger charge is 2.15. The summed E-state index contributed by atoms with van der Waals surface area (Å²) in [6.45, 7) is 4.45. The highest BCUT2D eigenvalue weighted by Crippen LogP contribution is 2.23. The van der Waals surface area contributed by atoms with E-state index in [1.807, 2.05) is 85.3 Å². The lowest BCUT2D eigenvalue weighted by atomic mass is 10.0. The number of hydrogen-bond donors (Lipinski definition) is 1. The molecule has 150 valence electrons. The van der Waals surface area contributed by atoms with Gasteiger partial charge in [0.05, 0.1) is 23.6 Å². The summed E-state index contributed by atoms with van der Waals surface area (Å²) < 4.78 is 1.88. The minimum atomic E-state index is -0.150.